The van der Waals surface area contributed by atoms with Gasteiger partial charge in [-0.2, -0.15) is 15.3 Å². The summed E-state index contributed by atoms with van der Waals surface area (Å²) in [6, 6.07) is 19.7. The first-order valence-corrected chi connectivity index (χ1v) is 10.9. The molecule has 5 nitrogen and oxygen atoms in total. The predicted octanol–water partition coefficient (Wildman–Crippen LogP) is 8.71. The highest BCUT2D eigenvalue weighted by Gasteiger charge is 2.05. The normalized spacial score (nSPS) is 11.7. The molecule has 0 aromatic heterocycles. The van der Waals surface area contributed by atoms with E-state index < -0.39 is 0 Å². The summed E-state index contributed by atoms with van der Waals surface area (Å²) in [7, 11) is 0. The lowest BCUT2D eigenvalue weighted by atomic mass is 10.1. The van der Waals surface area contributed by atoms with Crippen LogP contribution < -0.4 is 4.74 Å². The molecule has 0 aliphatic carbocycles. The highest BCUT2D eigenvalue weighted by atomic mass is 16.5. The number of benzene rings is 3. The average molecular weight is 403 g/mol. The van der Waals surface area contributed by atoms with Crippen LogP contribution in [0.4, 0.5) is 17.1 Å². The molecule has 30 heavy (non-hydrogen) atoms. The molecule has 0 atom stereocenters. The molecule has 156 valence electrons. The molecule has 0 aliphatic rings. The van der Waals surface area contributed by atoms with Gasteiger partial charge in [0.25, 0.3) is 0 Å². The quantitative estimate of drug-likeness (QED) is 0.234. The lowest BCUT2D eigenvalue weighted by molar-refractivity contribution is 0.309. The minimum absolute atomic E-state index is 0.742. The van der Waals surface area contributed by atoms with Gasteiger partial charge >= 0.3 is 0 Å². The molecule has 0 fully saturated rings. The third kappa shape index (κ3) is 6.21. The van der Waals surface area contributed by atoms with Gasteiger partial charge in [0.2, 0.25) is 0 Å². The highest BCUT2D eigenvalue weighted by Crippen LogP contribution is 2.34. The van der Waals surface area contributed by atoms with Gasteiger partial charge in [0.1, 0.15) is 5.75 Å². The molecule has 0 bridgehead atoms. The Hall–Kier alpha value is -3.08. The van der Waals surface area contributed by atoms with Gasteiger partial charge in [0.15, 0.2) is 0 Å². The van der Waals surface area contributed by atoms with Crippen molar-refractivity contribution in [2.75, 3.05) is 13.2 Å². The van der Waals surface area contributed by atoms with E-state index >= 15 is 0 Å². The molecule has 0 saturated carbocycles. The number of unbranched alkanes of at least 4 members (excludes halogenated alkanes) is 3. The van der Waals surface area contributed by atoms with Gasteiger partial charge in [-0.05, 0) is 49.2 Å². The average Bonchev–Trinajstić information content (AvgIpc) is 2.79. The summed E-state index contributed by atoms with van der Waals surface area (Å²) in [4.78, 5) is 0. The first-order valence-electron chi connectivity index (χ1n) is 10.9. The van der Waals surface area contributed by atoms with E-state index in [1.807, 2.05) is 54.6 Å². The van der Waals surface area contributed by atoms with Crippen LogP contribution in [-0.4, -0.2) is 13.2 Å². The van der Waals surface area contributed by atoms with Crippen LogP contribution in [0.25, 0.3) is 10.8 Å². The first-order chi connectivity index (χ1) is 14.8. The fourth-order valence-corrected chi connectivity index (χ4v) is 3.06. The Labute approximate surface area is 178 Å². The van der Waals surface area contributed by atoms with E-state index in [1.165, 1.54) is 12.8 Å². The zero-order valence-corrected chi connectivity index (χ0v) is 17.9. The number of nitrogens with zero attached hydrogens (tertiary/aromatic N) is 4. The van der Waals surface area contributed by atoms with Crippen LogP contribution in [0.3, 0.4) is 0 Å². The number of ether oxygens (including phenoxy) is 1. The van der Waals surface area contributed by atoms with Crippen LogP contribution >= 0.6 is 0 Å². The maximum Gasteiger partial charge on any atom is 0.119 e. The zero-order chi connectivity index (χ0) is 21.0. The second-order valence-electron chi connectivity index (χ2n) is 7.22. The lowest BCUT2D eigenvalue weighted by Gasteiger charge is -2.05. The minimum atomic E-state index is 0.742. The Morgan fingerprint density at radius 2 is 1.33 bits per heavy atom. The van der Waals surface area contributed by atoms with Crippen molar-refractivity contribution in [3.05, 3.63) is 60.7 Å². The molecule has 3 rings (SSSR count). The van der Waals surface area contributed by atoms with Gasteiger partial charge in [0, 0.05) is 10.8 Å². The molecule has 0 saturated heterocycles. The number of azo groups is 2. The Kier molecular flexibility index (Phi) is 8.51. The van der Waals surface area contributed by atoms with E-state index in [-0.39, 0.29) is 0 Å². The summed E-state index contributed by atoms with van der Waals surface area (Å²) in [6.45, 7) is 5.85. The highest BCUT2D eigenvalue weighted by molar-refractivity contribution is 5.99. The van der Waals surface area contributed by atoms with Crippen LogP contribution in [0.2, 0.25) is 0 Å². The van der Waals surface area contributed by atoms with Crippen molar-refractivity contribution in [3.63, 3.8) is 0 Å². The van der Waals surface area contributed by atoms with Gasteiger partial charge < -0.3 is 4.74 Å². The van der Waals surface area contributed by atoms with Crippen molar-refractivity contribution in [2.24, 2.45) is 20.5 Å². The summed E-state index contributed by atoms with van der Waals surface area (Å²) >= 11 is 0. The molecular weight excluding hydrogens is 372 g/mol. The molecule has 0 aliphatic heterocycles. The molecule has 5 heteroatoms. The molecule has 0 spiro atoms. The summed E-state index contributed by atoms with van der Waals surface area (Å²) in [5.41, 5.74) is 2.48. The second kappa shape index (κ2) is 11.8. The van der Waals surface area contributed by atoms with Crippen LogP contribution in [0.5, 0.6) is 5.75 Å². The standard InChI is InChI=1S/C25H30N4O/c1-3-5-9-18-26-28-24-16-17-25(23-11-8-7-10-22(23)24)29-27-20-12-14-21(15-13-20)30-19-6-4-2/h7-8,10-17H,3-6,9,18-19H2,1-2H3/b28-26+,29-27+. The van der Waals surface area contributed by atoms with E-state index in [2.05, 4.69) is 40.4 Å². The van der Waals surface area contributed by atoms with Crippen LogP contribution in [0.1, 0.15) is 46.0 Å². The summed E-state index contributed by atoms with van der Waals surface area (Å²) in [6.07, 6.45) is 5.63. The molecule has 0 heterocycles. The molecule has 3 aromatic carbocycles. The molecule has 0 unspecified atom stereocenters. The van der Waals surface area contributed by atoms with Crippen LogP contribution in [0, 0.1) is 0 Å². The molecule has 0 amide bonds. The number of hydrogen-bond acceptors (Lipinski definition) is 5. The molecule has 0 radical (unpaired) electrons. The third-order valence-corrected chi connectivity index (χ3v) is 4.79. The fraction of sp³-hybridized carbons (Fsp3) is 0.360. The van der Waals surface area contributed by atoms with Gasteiger partial charge in [-0.1, -0.05) is 57.4 Å². The molecule has 0 N–H and O–H groups in total. The number of fused-ring (bicyclic) bond motifs is 1. The zero-order valence-electron chi connectivity index (χ0n) is 17.9. The van der Waals surface area contributed by atoms with Crippen molar-refractivity contribution >= 4 is 27.8 Å². The first kappa shape index (κ1) is 21.6. The smallest absolute Gasteiger partial charge is 0.119 e. The monoisotopic (exact) mass is 402 g/mol. The molecule has 3 aromatic rings. The summed E-state index contributed by atoms with van der Waals surface area (Å²) in [5, 5.41) is 19.7. The van der Waals surface area contributed by atoms with Crippen LogP contribution in [0.15, 0.2) is 81.1 Å². The number of hydrogen-bond donors (Lipinski definition) is 0. The van der Waals surface area contributed by atoms with E-state index in [4.69, 9.17) is 4.74 Å². The Balaban J connectivity index is 1.74. The van der Waals surface area contributed by atoms with Gasteiger partial charge in [-0.3, -0.25) is 0 Å². The van der Waals surface area contributed by atoms with E-state index in [0.29, 0.717) is 0 Å². The topological polar surface area (TPSA) is 58.7 Å². The minimum Gasteiger partial charge on any atom is -0.494 e. The van der Waals surface area contributed by atoms with Crippen molar-refractivity contribution in [3.8, 4) is 5.75 Å². The maximum atomic E-state index is 5.70. The molecular formula is C25H30N4O. The lowest BCUT2D eigenvalue weighted by Crippen LogP contribution is -1.95. The van der Waals surface area contributed by atoms with Gasteiger partial charge in [-0.25, -0.2) is 0 Å². The van der Waals surface area contributed by atoms with E-state index in [0.717, 1.165) is 66.0 Å². The van der Waals surface area contributed by atoms with Crippen LogP contribution in [-0.2, 0) is 0 Å². The van der Waals surface area contributed by atoms with Gasteiger partial charge in [0.05, 0.1) is 30.2 Å². The number of rotatable bonds is 11. The fourth-order valence-electron chi connectivity index (χ4n) is 3.06. The Morgan fingerprint density at radius 1 is 0.667 bits per heavy atom. The van der Waals surface area contributed by atoms with Crippen molar-refractivity contribution in [1.82, 2.24) is 0 Å². The maximum absolute atomic E-state index is 5.70. The summed E-state index contributed by atoms with van der Waals surface area (Å²) < 4.78 is 5.70. The van der Waals surface area contributed by atoms with Crippen molar-refractivity contribution in [1.29, 1.82) is 0 Å². The Morgan fingerprint density at radius 3 is 2.00 bits per heavy atom. The summed E-state index contributed by atoms with van der Waals surface area (Å²) in [5.74, 6) is 0.863. The van der Waals surface area contributed by atoms with Crippen molar-refractivity contribution < 1.29 is 4.74 Å². The largest absolute Gasteiger partial charge is 0.494 e. The van der Waals surface area contributed by atoms with Gasteiger partial charge in [-0.15, -0.1) is 5.11 Å². The van der Waals surface area contributed by atoms with E-state index in [1.54, 1.807) is 0 Å². The van der Waals surface area contributed by atoms with Crippen molar-refractivity contribution in [2.45, 2.75) is 46.0 Å². The SMILES string of the molecule is CCCCC/N=N/c1ccc(/N=N/c2ccc(OCCCC)cc2)c2ccccc12. The van der Waals surface area contributed by atoms with E-state index in [9.17, 15) is 0 Å². The Bertz CT molecular complexity index is 980. The second-order valence-corrected chi connectivity index (χ2v) is 7.22. The predicted molar refractivity (Wildman–Crippen MR) is 124 cm³/mol. The third-order valence-electron chi connectivity index (χ3n) is 4.79.